The first-order valence-corrected chi connectivity index (χ1v) is 6.58. The molecule has 0 saturated heterocycles. The first kappa shape index (κ1) is 12.9. The van der Waals surface area contributed by atoms with Crippen LogP contribution in [-0.4, -0.2) is 25.5 Å². The van der Waals surface area contributed by atoms with Gasteiger partial charge >= 0.3 is 0 Å². The van der Waals surface area contributed by atoms with Gasteiger partial charge in [0.05, 0.1) is 11.0 Å². The zero-order valence-corrected chi connectivity index (χ0v) is 9.60. The SMILES string of the molecule is CCC(N)CCCS(=O)(=O)C(C)C. The van der Waals surface area contributed by atoms with Gasteiger partial charge in [-0.2, -0.15) is 0 Å². The third-order valence-corrected chi connectivity index (χ3v) is 4.54. The molecule has 0 bridgehead atoms. The lowest BCUT2D eigenvalue weighted by molar-refractivity contribution is 0.563. The fourth-order valence-electron chi connectivity index (χ4n) is 0.987. The highest BCUT2D eigenvalue weighted by Gasteiger charge is 2.15. The Balaban J connectivity index is 3.78. The molecule has 0 radical (unpaired) electrons. The second-order valence-electron chi connectivity index (χ2n) is 3.73. The Hall–Kier alpha value is -0.0900. The van der Waals surface area contributed by atoms with Crippen molar-refractivity contribution in [2.24, 2.45) is 5.73 Å². The van der Waals surface area contributed by atoms with Gasteiger partial charge in [-0.1, -0.05) is 6.92 Å². The predicted octanol–water partition coefficient (Wildman–Crippen LogP) is 1.33. The second kappa shape index (κ2) is 5.60. The van der Waals surface area contributed by atoms with Gasteiger partial charge in [0.15, 0.2) is 9.84 Å². The lowest BCUT2D eigenvalue weighted by Crippen LogP contribution is -2.22. The quantitative estimate of drug-likeness (QED) is 0.714. The summed E-state index contributed by atoms with van der Waals surface area (Å²) in [5.41, 5.74) is 5.68. The highest BCUT2D eigenvalue weighted by Crippen LogP contribution is 2.06. The van der Waals surface area contributed by atoms with E-state index >= 15 is 0 Å². The molecule has 1 unspecified atom stereocenters. The number of hydrogen-bond acceptors (Lipinski definition) is 3. The van der Waals surface area contributed by atoms with Crippen molar-refractivity contribution in [2.75, 3.05) is 5.75 Å². The highest BCUT2D eigenvalue weighted by atomic mass is 32.2. The lowest BCUT2D eigenvalue weighted by atomic mass is 10.1. The second-order valence-corrected chi connectivity index (χ2v) is 6.40. The molecule has 0 heterocycles. The van der Waals surface area contributed by atoms with Crippen molar-refractivity contribution in [1.82, 2.24) is 0 Å². The molecule has 0 aromatic heterocycles. The van der Waals surface area contributed by atoms with E-state index in [4.69, 9.17) is 5.73 Å². The Kier molecular flexibility index (Phi) is 5.56. The normalized spacial score (nSPS) is 14.8. The summed E-state index contributed by atoms with van der Waals surface area (Å²) >= 11 is 0. The van der Waals surface area contributed by atoms with Crippen LogP contribution in [0.4, 0.5) is 0 Å². The van der Waals surface area contributed by atoms with Crippen LogP contribution in [-0.2, 0) is 9.84 Å². The molecule has 0 saturated carbocycles. The van der Waals surface area contributed by atoms with Crippen LogP contribution < -0.4 is 5.73 Å². The minimum Gasteiger partial charge on any atom is -0.328 e. The topological polar surface area (TPSA) is 60.2 Å². The molecule has 3 nitrogen and oxygen atoms in total. The van der Waals surface area contributed by atoms with E-state index < -0.39 is 9.84 Å². The third-order valence-electron chi connectivity index (χ3n) is 2.25. The standard InChI is InChI=1S/C9H21NO2S/c1-4-9(10)6-5-7-13(11,12)8(2)3/h8-9H,4-7,10H2,1-3H3. The Labute approximate surface area is 81.6 Å². The summed E-state index contributed by atoms with van der Waals surface area (Å²) in [6.07, 6.45) is 2.42. The van der Waals surface area contributed by atoms with E-state index in [1.165, 1.54) is 0 Å². The highest BCUT2D eigenvalue weighted by molar-refractivity contribution is 7.91. The molecule has 0 rings (SSSR count). The smallest absolute Gasteiger partial charge is 0.152 e. The van der Waals surface area contributed by atoms with Gasteiger partial charge in [0.2, 0.25) is 0 Å². The Bertz CT molecular complexity index is 222. The zero-order valence-electron chi connectivity index (χ0n) is 8.79. The van der Waals surface area contributed by atoms with Crippen molar-refractivity contribution in [2.45, 2.75) is 51.3 Å². The van der Waals surface area contributed by atoms with Gasteiger partial charge in [-0.25, -0.2) is 8.42 Å². The third kappa shape index (κ3) is 5.26. The van der Waals surface area contributed by atoms with Crippen molar-refractivity contribution in [3.05, 3.63) is 0 Å². The summed E-state index contributed by atoms with van der Waals surface area (Å²) in [6, 6.07) is 0.155. The Morgan fingerprint density at radius 1 is 1.31 bits per heavy atom. The molecule has 0 fully saturated rings. The average Bonchev–Trinajstić information content (AvgIpc) is 2.03. The summed E-state index contributed by atoms with van der Waals surface area (Å²) in [6.45, 7) is 5.45. The zero-order chi connectivity index (χ0) is 10.5. The van der Waals surface area contributed by atoms with Crippen molar-refractivity contribution < 1.29 is 8.42 Å². The van der Waals surface area contributed by atoms with E-state index in [0.717, 1.165) is 12.8 Å². The van der Waals surface area contributed by atoms with E-state index in [-0.39, 0.29) is 17.0 Å². The predicted molar refractivity (Wildman–Crippen MR) is 56.4 cm³/mol. The molecule has 0 aliphatic carbocycles. The number of nitrogens with two attached hydrogens (primary N) is 1. The van der Waals surface area contributed by atoms with Crippen LogP contribution in [0.2, 0.25) is 0 Å². The monoisotopic (exact) mass is 207 g/mol. The van der Waals surface area contributed by atoms with E-state index in [1.54, 1.807) is 13.8 Å². The van der Waals surface area contributed by atoms with Crippen molar-refractivity contribution in [1.29, 1.82) is 0 Å². The van der Waals surface area contributed by atoms with Crippen LogP contribution in [0.1, 0.15) is 40.0 Å². The van der Waals surface area contributed by atoms with Gasteiger partial charge in [0, 0.05) is 6.04 Å². The number of rotatable bonds is 6. The van der Waals surface area contributed by atoms with Crippen LogP contribution >= 0.6 is 0 Å². The summed E-state index contributed by atoms with van der Waals surface area (Å²) < 4.78 is 22.7. The lowest BCUT2D eigenvalue weighted by Gasteiger charge is -2.10. The maximum absolute atomic E-state index is 11.4. The van der Waals surface area contributed by atoms with Gasteiger partial charge in [-0.15, -0.1) is 0 Å². The number of sulfone groups is 1. The van der Waals surface area contributed by atoms with E-state index in [2.05, 4.69) is 0 Å². The van der Waals surface area contributed by atoms with Gasteiger partial charge in [0.25, 0.3) is 0 Å². The molecule has 4 heteroatoms. The van der Waals surface area contributed by atoms with E-state index in [1.807, 2.05) is 6.92 Å². The molecular formula is C9H21NO2S. The number of hydrogen-bond donors (Lipinski definition) is 1. The fraction of sp³-hybridized carbons (Fsp3) is 1.00. The maximum atomic E-state index is 11.4. The Morgan fingerprint density at radius 2 is 1.85 bits per heavy atom. The van der Waals surface area contributed by atoms with Crippen LogP contribution in [0.5, 0.6) is 0 Å². The maximum Gasteiger partial charge on any atom is 0.152 e. The Morgan fingerprint density at radius 3 is 2.23 bits per heavy atom. The van der Waals surface area contributed by atoms with Crippen molar-refractivity contribution >= 4 is 9.84 Å². The van der Waals surface area contributed by atoms with Crippen LogP contribution in [0.15, 0.2) is 0 Å². The minimum absolute atomic E-state index is 0.155. The molecule has 0 aromatic carbocycles. The van der Waals surface area contributed by atoms with Crippen LogP contribution in [0.3, 0.4) is 0 Å². The van der Waals surface area contributed by atoms with Crippen LogP contribution in [0, 0.1) is 0 Å². The van der Waals surface area contributed by atoms with Crippen molar-refractivity contribution in [3.8, 4) is 0 Å². The molecule has 0 aliphatic heterocycles. The van der Waals surface area contributed by atoms with Gasteiger partial charge in [-0.3, -0.25) is 0 Å². The minimum atomic E-state index is -2.86. The fourth-order valence-corrected chi connectivity index (χ4v) is 2.03. The van der Waals surface area contributed by atoms with Gasteiger partial charge < -0.3 is 5.73 Å². The first-order valence-electron chi connectivity index (χ1n) is 4.87. The van der Waals surface area contributed by atoms with Crippen LogP contribution in [0.25, 0.3) is 0 Å². The molecule has 0 aromatic rings. The van der Waals surface area contributed by atoms with Crippen molar-refractivity contribution in [3.63, 3.8) is 0 Å². The molecular weight excluding hydrogens is 186 g/mol. The van der Waals surface area contributed by atoms with E-state index in [9.17, 15) is 8.42 Å². The first-order chi connectivity index (χ1) is 5.90. The van der Waals surface area contributed by atoms with Gasteiger partial charge in [0.1, 0.15) is 0 Å². The van der Waals surface area contributed by atoms with Gasteiger partial charge in [-0.05, 0) is 33.1 Å². The summed E-state index contributed by atoms with van der Waals surface area (Å²) in [5, 5.41) is -0.259. The molecule has 13 heavy (non-hydrogen) atoms. The average molecular weight is 207 g/mol. The molecule has 0 amide bonds. The van der Waals surface area contributed by atoms with E-state index in [0.29, 0.717) is 6.42 Å². The molecule has 1 atom stereocenters. The molecule has 0 spiro atoms. The summed E-state index contributed by atoms with van der Waals surface area (Å²) in [4.78, 5) is 0. The largest absolute Gasteiger partial charge is 0.328 e. The summed E-state index contributed by atoms with van der Waals surface area (Å²) in [7, 11) is -2.86. The molecule has 80 valence electrons. The summed E-state index contributed by atoms with van der Waals surface area (Å²) in [5.74, 6) is 0.276. The molecule has 2 N–H and O–H groups in total. The molecule has 0 aliphatic rings.